The molecule has 4 heteroatoms. The summed E-state index contributed by atoms with van der Waals surface area (Å²) in [6.45, 7) is 4.42. The number of hydrogen-bond donors (Lipinski definition) is 0. The quantitative estimate of drug-likeness (QED) is 0.723. The maximum atomic E-state index is 5.21. The van der Waals surface area contributed by atoms with Gasteiger partial charge < -0.3 is 4.74 Å². The molecule has 0 aliphatic carbocycles. The van der Waals surface area contributed by atoms with Crippen molar-refractivity contribution in [3.63, 3.8) is 0 Å². The highest BCUT2D eigenvalue weighted by molar-refractivity contribution is 6.12. The predicted octanol–water partition coefficient (Wildman–Crippen LogP) is 4.29. The molecule has 0 bridgehead atoms. The summed E-state index contributed by atoms with van der Waals surface area (Å²) in [6.07, 6.45) is 3.92. The van der Waals surface area contributed by atoms with E-state index >= 15 is 0 Å². The van der Waals surface area contributed by atoms with Gasteiger partial charge in [0, 0.05) is 17.2 Å². The molecule has 0 amide bonds. The number of aromatic nitrogens is 2. The molecule has 1 aliphatic heterocycles. The lowest BCUT2D eigenvalue weighted by Crippen LogP contribution is -2.26. The maximum absolute atomic E-state index is 5.21. The number of methoxy groups -OCH3 is 1. The lowest BCUT2D eigenvalue weighted by molar-refractivity contribution is 0.414. The molecule has 2 heterocycles. The van der Waals surface area contributed by atoms with Crippen molar-refractivity contribution in [2.45, 2.75) is 19.3 Å². The maximum Gasteiger partial charge on any atom is 0.119 e. The van der Waals surface area contributed by atoms with E-state index in [4.69, 9.17) is 9.73 Å². The normalized spacial score (nSPS) is 15.0. The minimum absolute atomic E-state index is 0.121. The molecule has 1 aromatic heterocycles. The average Bonchev–Trinajstić information content (AvgIpc) is 3.18. The Morgan fingerprint density at radius 2 is 1.75 bits per heavy atom. The zero-order chi connectivity index (χ0) is 16.7. The van der Waals surface area contributed by atoms with Gasteiger partial charge in [-0.05, 0) is 35.9 Å². The Hall–Kier alpha value is -2.88. The standard InChI is InChI=1S/C20H19N3O/c1-20(2)17-6-4-5-7-18(17)22-19(20)14-12-21-23(13-14)15-8-10-16(24-3)11-9-15/h4-13H,1-3H3. The number of fused-ring (bicyclic) bond motifs is 1. The van der Waals surface area contributed by atoms with E-state index in [1.165, 1.54) is 5.56 Å². The molecule has 24 heavy (non-hydrogen) atoms. The van der Waals surface area contributed by atoms with Crippen molar-refractivity contribution in [2.75, 3.05) is 7.11 Å². The molecule has 1 aliphatic rings. The first-order chi connectivity index (χ1) is 11.6. The summed E-state index contributed by atoms with van der Waals surface area (Å²) in [5.41, 5.74) is 5.29. The fourth-order valence-corrected chi connectivity index (χ4v) is 3.23. The van der Waals surface area contributed by atoms with Crippen LogP contribution in [-0.4, -0.2) is 22.6 Å². The van der Waals surface area contributed by atoms with Gasteiger partial charge in [-0.1, -0.05) is 32.0 Å². The van der Waals surface area contributed by atoms with Crippen LogP contribution in [0, 0.1) is 0 Å². The Bertz CT molecular complexity index is 920. The third-order valence-corrected chi connectivity index (χ3v) is 4.59. The Labute approximate surface area is 141 Å². The average molecular weight is 317 g/mol. The molecule has 2 aromatic carbocycles. The first-order valence-corrected chi connectivity index (χ1v) is 7.98. The van der Waals surface area contributed by atoms with E-state index in [1.54, 1.807) is 7.11 Å². The molecule has 0 radical (unpaired) electrons. The summed E-state index contributed by atoms with van der Waals surface area (Å²) < 4.78 is 7.08. The number of para-hydroxylation sites is 1. The Morgan fingerprint density at radius 3 is 2.46 bits per heavy atom. The van der Waals surface area contributed by atoms with Gasteiger partial charge in [-0.25, -0.2) is 4.68 Å². The zero-order valence-corrected chi connectivity index (χ0v) is 14.0. The molecule has 0 atom stereocenters. The topological polar surface area (TPSA) is 39.4 Å². The number of ether oxygens (including phenoxy) is 1. The zero-order valence-electron chi connectivity index (χ0n) is 14.0. The Balaban J connectivity index is 1.71. The van der Waals surface area contributed by atoms with Crippen LogP contribution < -0.4 is 4.74 Å². The van der Waals surface area contributed by atoms with Gasteiger partial charge in [0.2, 0.25) is 0 Å². The van der Waals surface area contributed by atoms with Gasteiger partial charge >= 0.3 is 0 Å². The third kappa shape index (κ3) is 2.22. The second-order valence-corrected chi connectivity index (χ2v) is 6.47. The summed E-state index contributed by atoms with van der Waals surface area (Å²) >= 11 is 0. The molecule has 120 valence electrons. The molecule has 0 saturated carbocycles. The monoisotopic (exact) mass is 317 g/mol. The fourth-order valence-electron chi connectivity index (χ4n) is 3.23. The van der Waals surface area contributed by atoms with Crippen LogP contribution in [-0.2, 0) is 5.41 Å². The Morgan fingerprint density at radius 1 is 1.00 bits per heavy atom. The molecule has 3 aromatic rings. The SMILES string of the molecule is COc1ccc(-n2cc(C3=Nc4ccccc4C3(C)C)cn2)cc1. The summed E-state index contributed by atoms with van der Waals surface area (Å²) in [6, 6.07) is 16.2. The molecule has 0 fully saturated rings. The second kappa shape index (κ2) is 5.34. The summed E-state index contributed by atoms with van der Waals surface area (Å²) in [7, 11) is 1.67. The van der Waals surface area contributed by atoms with E-state index in [2.05, 4.69) is 37.1 Å². The summed E-state index contributed by atoms with van der Waals surface area (Å²) in [5.74, 6) is 0.836. The van der Waals surface area contributed by atoms with E-state index in [0.29, 0.717) is 0 Å². The van der Waals surface area contributed by atoms with Gasteiger partial charge in [0.25, 0.3) is 0 Å². The van der Waals surface area contributed by atoms with Crippen molar-refractivity contribution >= 4 is 11.4 Å². The summed E-state index contributed by atoms with van der Waals surface area (Å²) in [4.78, 5) is 4.85. The van der Waals surface area contributed by atoms with Gasteiger partial charge in [-0.3, -0.25) is 4.99 Å². The largest absolute Gasteiger partial charge is 0.497 e. The molecule has 0 saturated heterocycles. The van der Waals surface area contributed by atoms with Crippen molar-refractivity contribution in [3.8, 4) is 11.4 Å². The van der Waals surface area contributed by atoms with Crippen molar-refractivity contribution in [3.05, 3.63) is 72.1 Å². The number of rotatable bonds is 3. The lowest BCUT2D eigenvalue weighted by Gasteiger charge is -2.21. The molecule has 4 rings (SSSR count). The van der Waals surface area contributed by atoms with Gasteiger partial charge in [-0.15, -0.1) is 0 Å². The van der Waals surface area contributed by atoms with Gasteiger partial charge in [0.1, 0.15) is 5.75 Å². The molecule has 0 N–H and O–H groups in total. The van der Waals surface area contributed by atoms with Crippen LogP contribution >= 0.6 is 0 Å². The van der Waals surface area contributed by atoms with Crippen LogP contribution in [0.2, 0.25) is 0 Å². The van der Waals surface area contributed by atoms with Crippen LogP contribution in [0.3, 0.4) is 0 Å². The number of benzene rings is 2. The van der Waals surface area contributed by atoms with Gasteiger partial charge in [0.05, 0.1) is 30.4 Å². The minimum atomic E-state index is -0.121. The Kier molecular flexibility index (Phi) is 3.27. The van der Waals surface area contributed by atoms with E-state index < -0.39 is 0 Å². The van der Waals surface area contributed by atoms with Gasteiger partial charge in [0.15, 0.2) is 0 Å². The van der Waals surface area contributed by atoms with Crippen molar-refractivity contribution in [2.24, 2.45) is 4.99 Å². The smallest absolute Gasteiger partial charge is 0.119 e. The number of nitrogens with zero attached hydrogens (tertiary/aromatic N) is 3. The molecule has 0 unspecified atom stereocenters. The van der Waals surface area contributed by atoms with E-state index in [-0.39, 0.29) is 5.41 Å². The van der Waals surface area contributed by atoms with E-state index in [1.807, 2.05) is 47.4 Å². The van der Waals surface area contributed by atoms with Crippen LogP contribution in [0.15, 0.2) is 65.9 Å². The highest BCUT2D eigenvalue weighted by Crippen LogP contribution is 2.41. The second-order valence-electron chi connectivity index (χ2n) is 6.47. The van der Waals surface area contributed by atoms with Crippen molar-refractivity contribution in [1.82, 2.24) is 9.78 Å². The number of hydrogen-bond acceptors (Lipinski definition) is 3. The van der Waals surface area contributed by atoms with Gasteiger partial charge in [-0.2, -0.15) is 5.10 Å². The fraction of sp³-hybridized carbons (Fsp3) is 0.200. The molecular formula is C20H19N3O. The van der Waals surface area contributed by atoms with Crippen LogP contribution in [0.1, 0.15) is 25.0 Å². The predicted molar refractivity (Wildman–Crippen MR) is 95.8 cm³/mol. The highest BCUT2D eigenvalue weighted by Gasteiger charge is 2.36. The molecule has 4 nitrogen and oxygen atoms in total. The molecular weight excluding hydrogens is 298 g/mol. The van der Waals surface area contributed by atoms with Crippen LogP contribution in [0.25, 0.3) is 5.69 Å². The first kappa shape index (κ1) is 14.7. The van der Waals surface area contributed by atoms with Crippen LogP contribution in [0.4, 0.5) is 5.69 Å². The first-order valence-electron chi connectivity index (χ1n) is 7.98. The van der Waals surface area contributed by atoms with Crippen molar-refractivity contribution in [1.29, 1.82) is 0 Å². The van der Waals surface area contributed by atoms with Crippen molar-refractivity contribution < 1.29 is 4.74 Å². The van der Waals surface area contributed by atoms with E-state index in [0.717, 1.165) is 28.4 Å². The highest BCUT2D eigenvalue weighted by atomic mass is 16.5. The molecule has 0 spiro atoms. The third-order valence-electron chi connectivity index (χ3n) is 4.59. The summed E-state index contributed by atoms with van der Waals surface area (Å²) in [5, 5.41) is 4.51. The number of aliphatic imine (C=N–C) groups is 1. The minimum Gasteiger partial charge on any atom is -0.497 e. The lowest BCUT2D eigenvalue weighted by atomic mass is 9.80. The van der Waals surface area contributed by atoms with E-state index in [9.17, 15) is 0 Å². The van der Waals surface area contributed by atoms with Crippen LogP contribution in [0.5, 0.6) is 5.75 Å².